The second kappa shape index (κ2) is 11.8. The number of anilines is 1. The van der Waals surface area contributed by atoms with Crippen molar-refractivity contribution in [1.29, 1.82) is 0 Å². The van der Waals surface area contributed by atoms with E-state index in [1.54, 1.807) is 62.8 Å². The number of methoxy groups -OCH3 is 3. The van der Waals surface area contributed by atoms with E-state index >= 15 is 0 Å². The number of hydrogen-bond donors (Lipinski definition) is 3. The molecule has 220 valence electrons. The summed E-state index contributed by atoms with van der Waals surface area (Å²) in [7, 11) is 4.80. The number of carbonyl (C=O) groups excluding carboxylic acids is 1. The van der Waals surface area contributed by atoms with Gasteiger partial charge in [-0.05, 0) is 71.6 Å². The molecule has 0 aliphatic carbocycles. The Labute approximate surface area is 248 Å². The Morgan fingerprint density at radius 3 is 2.23 bits per heavy atom. The summed E-state index contributed by atoms with van der Waals surface area (Å²) < 4.78 is 16.3. The van der Waals surface area contributed by atoms with Crippen LogP contribution in [0.25, 0.3) is 21.8 Å². The quantitative estimate of drug-likeness (QED) is 0.221. The van der Waals surface area contributed by atoms with Gasteiger partial charge in [-0.25, -0.2) is 0 Å². The van der Waals surface area contributed by atoms with Crippen LogP contribution >= 0.6 is 0 Å². The number of fused-ring (bicyclic) bond motifs is 3. The minimum absolute atomic E-state index is 0.174. The Hall–Kier alpha value is -4.86. The summed E-state index contributed by atoms with van der Waals surface area (Å²) in [5.41, 5.74) is 4.86. The first-order valence-corrected chi connectivity index (χ1v) is 14.1. The Morgan fingerprint density at radius 2 is 1.53 bits per heavy atom. The standard InChI is InChI=1S/C34H33N3O6/c1-41-28-9-5-7-25-32(28)36-31-24(33(25)39)6-4-8-26(31)34(40)35-23-12-10-20(11-13-23)27(38)19-37-15-14-21-16-29(42-2)30(43-3)17-22(21)18-37/h4-13,16-17,27,38H,14-15,18-19H2,1-3H3,(H,35,40)(H,36,39). The van der Waals surface area contributed by atoms with Crippen LogP contribution in [0.5, 0.6) is 17.2 Å². The first-order chi connectivity index (χ1) is 20.9. The molecule has 2 heterocycles. The van der Waals surface area contributed by atoms with Gasteiger partial charge in [-0.2, -0.15) is 0 Å². The van der Waals surface area contributed by atoms with Crippen LogP contribution in [0.4, 0.5) is 5.69 Å². The Balaban J connectivity index is 1.16. The van der Waals surface area contributed by atoms with Crippen LogP contribution in [0.2, 0.25) is 0 Å². The predicted molar refractivity (Wildman–Crippen MR) is 167 cm³/mol. The number of aromatic nitrogens is 1. The number of β-amino-alcohol motifs (C(OH)–C–C–N with tert-alkyl or cyclic N) is 1. The Kier molecular flexibility index (Phi) is 7.75. The number of H-pyrrole nitrogens is 1. The topological polar surface area (TPSA) is 113 Å². The Bertz CT molecular complexity index is 1880. The van der Waals surface area contributed by atoms with Crippen molar-refractivity contribution in [3.05, 3.63) is 105 Å². The lowest BCUT2D eigenvalue weighted by Crippen LogP contribution is -2.34. The molecular weight excluding hydrogens is 546 g/mol. The molecule has 43 heavy (non-hydrogen) atoms. The van der Waals surface area contributed by atoms with Gasteiger partial charge in [0.05, 0.1) is 44.0 Å². The monoisotopic (exact) mass is 579 g/mol. The van der Waals surface area contributed by atoms with Gasteiger partial charge in [0.15, 0.2) is 16.9 Å². The van der Waals surface area contributed by atoms with Crippen molar-refractivity contribution < 1.29 is 24.1 Å². The number of carbonyl (C=O) groups is 1. The molecule has 1 aliphatic rings. The van der Waals surface area contributed by atoms with E-state index in [0.29, 0.717) is 57.6 Å². The van der Waals surface area contributed by atoms with Gasteiger partial charge in [0.1, 0.15) is 5.75 Å². The van der Waals surface area contributed by atoms with Gasteiger partial charge in [0.25, 0.3) is 5.91 Å². The van der Waals surface area contributed by atoms with Gasteiger partial charge in [-0.15, -0.1) is 0 Å². The zero-order valence-electron chi connectivity index (χ0n) is 24.3. The number of pyridine rings is 1. The molecule has 0 saturated heterocycles. The first-order valence-electron chi connectivity index (χ1n) is 14.1. The van der Waals surface area contributed by atoms with Crippen LogP contribution in [0, 0.1) is 0 Å². The van der Waals surface area contributed by atoms with E-state index in [1.807, 2.05) is 24.3 Å². The number of para-hydroxylation sites is 2. The number of aliphatic hydroxyl groups excluding tert-OH is 1. The van der Waals surface area contributed by atoms with Crippen molar-refractivity contribution in [2.24, 2.45) is 0 Å². The van der Waals surface area contributed by atoms with Crippen molar-refractivity contribution in [1.82, 2.24) is 9.88 Å². The van der Waals surface area contributed by atoms with Gasteiger partial charge in [0.2, 0.25) is 0 Å². The second-order valence-electron chi connectivity index (χ2n) is 10.6. The molecule has 9 heteroatoms. The third-order valence-corrected chi connectivity index (χ3v) is 8.08. The minimum Gasteiger partial charge on any atom is -0.495 e. The average molecular weight is 580 g/mol. The average Bonchev–Trinajstić information content (AvgIpc) is 3.04. The summed E-state index contributed by atoms with van der Waals surface area (Å²) >= 11 is 0. The van der Waals surface area contributed by atoms with Crippen LogP contribution in [-0.2, 0) is 13.0 Å². The number of amides is 1. The Morgan fingerprint density at radius 1 is 0.884 bits per heavy atom. The number of hydrogen-bond acceptors (Lipinski definition) is 7. The van der Waals surface area contributed by atoms with E-state index in [1.165, 1.54) is 12.7 Å². The maximum atomic E-state index is 13.4. The van der Waals surface area contributed by atoms with Crippen LogP contribution in [0.15, 0.2) is 77.6 Å². The zero-order chi connectivity index (χ0) is 30.1. The largest absolute Gasteiger partial charge is 0.495 e. The van der Waals surface area contributed by atoms with Crippen molar-refractivity contribution in [3.63, 3.8) is 0 Å². The summed E-state index contributed by atoms with van der Waals surface area (Å²) in [6.07, 6.45) is 0.160. The van der Waals surface area contributed by atoms with E-state index in [4.69, 9.17) is 14.2 Å². The lowest BCUT2D eigenvalue weighted by molar-refractivity contribution is 0.102. The van der Waals surface area contributed by atoms with Crippen molar-refractivity contribution in [2.45, 2.75) is 19.1 Å². The third-order valence-electron chi connectivity index (χ3n) is 8.08. The van der Waals surface area contributed by atoms with Crippen LogP contribution < -0.4 is 25.0 Å². The number of aliphatic hydroxyl groups is 1. The molecule has 0 saturated carbocycles. The number of rotatable bonds is 8. The SMILES string of the molecule is COc1cc2c(cc1OC)CN(CC(O)c1ccc(NC(=O)c3cccc4c(=O)c5cccc(OC)c5[nH]c34)cc1)CC2. The fourth-order valence-corrected chi connectivity index (χ4v) is 5.79. The second-order valence-corrected chi connectivity index (χ2v) is 10.6. The van der Waals surface area contributed by atoms with Crippen molar-refractivity contribution in [2.75, 3.05) is 39.7 Å². The summed E-state index contributed by atoms with van der Waals surface area (Å²) in [5, 5.41) is 14.8. The molecule has 0 spiro atoms. The number of nitrogens with zero attached hydrogens (tertiary/aromatic N) is 1. The van der Waals surface area contributed by atoms with Crippen LogP contribution in [-0.4, -0.2) is 55.3 Å². The fraction of sp³-hybridized carbons (Fsp3) is 0.235. The number of nitrogens with one attached hydrogen (secondary N) is 2. The smallest absolute Gasteiger partial charge is 0.257 e. The molecule has 1 atom stereocenters. The third kappa shape index (κ3) is 5.40. The lowest BCUT2D eigenvalue weighted by atomic mass is 9.98. The van der Waals surface area contributed by atoms with Gasteiger partial charge < -0.3 is 29.6 Å². The van der Waals surface area contributed by atoms with E-state index in [9.17, 15) is 14.7 Å². The minimum atomic E-state index is -0.696. The number of aromatic amines is 1. The van der Waals surface area contributed by atoms with Crippen LogP contribution in [0.3, 0.4) is 0 Å². The molecule has 0 bridgehead atoms. The zero-order valence-corrected chi connectivity index (χ0v) is 24.3. The molecule has 0 radical (unpaired) electrons. The number of benzene rings is 4. The highest BCUT2D eigenvalue weighted by Crippen LogP contribution is 2.34. The van der Waals surface area contributed by atoms with Gasteiger partial charge in [-0.3, -0.25) is 14.5 Å². The maximum absolute atomic E-state index is 13.4. The molecule has 3 N–H and O–H groups in total. The van der Waals surface area contributed by atoms with Crippen molar-refractivity contribution >= 4 is 33.4 Å². The molecule has 4 aromatic carbocycles. The lowest BCUT2D eigenvalue weighted by Gasteiger charge is -2.31. The van der Waals surface area contributed by atoms with Gasteiger partial charge >= 0.3 is 0 Å². The highest BCUT2D eigenvalue weighted by atomic mass is 16.5. The molecule has 6 rings (SSSR count). The van der Waals surface area contributed by atoms with Crippen molar-refractivity contribution in [3.8, 4) is 17.2 Å². The highest BCUT2D eigenvalue weighted by Gasteiger charge is 2.22. The molecule has 9 nitrogen and oxygen atoms in total. The van der Waals surface area contributed by atoms with E-state index < -0.39 is 6.10 Å². The highest BCUT2D eigenvalue weighted by molar-refractivity contribution is 6.13. The number of ether oxygens (including phenoxy) is 3. The summed E-state index contributed by atoms with van der Waals surface area (Å²) in [6, 6.07) is 21.5. The predicted octanol–water partition coefficient (Wildman–Crippen LogP) is 5.05. The van der Waals surface area contributed by atoms with E-state index in [-0.39, 0.29) is 11.3 Å². The molecule has 1 amide bonds. The summed E-state index contributed by atoms with van der Waals surface area (Å²) in [4.78, 5) is 32.0. The van der Waals surface area contributed by atoms with E-state index in [2.05, 4.69) is 15.2 Å². The molecule has 0 fully saturated rings. The normalized spacial score (nSPS) is 13.9. The molecule has 1 aromatic heterocycles. The van der Waals surface area contributed by atoms with E-state index in [0.717, 1.165) is 29.8 Å². The van der Waals surface area contributed by atoms with Gasteiger partial charge in [0, 0.05) is 36.1 Å². The molecule has 1 aliphatic heterocycles. The van der Waals surface area contributed by atoms with Gasteiger partial charge in [-0.1, -0.05) is 24.3 Å². The first kappa shape index (κ1) is 28.3. The maximum Gasteiger partial charge on any atom is 0.257 e. The molecular formula is C34H33N3O6. The summed E-state index contributed by atoms with van der Waals surface area (Å²) in [5.74, 6) is 1.59. The summed E-state index contributed by atoms with van der Waals surface area (Å²) in [6.45, 7) is 2.00. The van der Waals surface area contributed by atoms with Crippen LogP contribution in [0.1, 0.15) is 33.2 Å². The fourth-order valence-electron chi connectivity index (χ4n) is 5.79. The molecule has 1 unspecified atom stereocenters. The molecule has 5 aromatic rings.